The van der Waals surface area contributed by atoms with Gasteiger partial charge in [0, 0.05) is 6.54 Å². The summed E-state index contributed by atoms with van der Waals surface area (Å²) in [6.45, 7) is 4.69. The van der Waals surface area contributed by atoms with E-state index in [0.717, 1.165) is 24.3 Å². The summed E-state index contributed by atoms with van der Waals surface area (Å²) in [5.74, 6) is 2.77. The number of amides is 2. The monoisotopic (exact) mass is 398 g/mol. The van der Waals surface area contributed by atoms with Crippen LogP contribution in [-0.4, -0.2) is 31.5 Å². The van der Waals surface area contributed by atoms with Crippen molar-refractivity contribution in [2.75, 3.05) is 13.7 Å². The average molecular weight is 399 g/mol. The van der Waals surface area contributed by atoms with E-state index in [1.165, 1.54) is 38.5 Å². The number of hydrogen-bond donors (Lipinski definition) is 2. The molecule has 5 rings (SSSR count). The van der Waals surface area contributed by atoms with Crippen LogP contribution >= 0.6 is 0 Å². The number of carbonyl (C=O) groups is 2. The highest BCUT2D eigenvalue weighted by atomic mass is 16.5. The highest BCUT2D eigenvalue weighted by Gasteiger charge is 2.50. The van der Waals surface area contributed by atoms with Gasteiger partial charge in [-0.25, -0.2) is 0 Å². The molecule has 0 aliphatic heterocycles. The number of rotatable bonds is 7. The number of methoxy groups -OCH3 is 1. The molecule has 5 nitrogen and oxygen atoms in total. The second-order valence-corrected chi connectivity index (χ2v) is 10.0. The molecule has 4 aliphatic carbocycles. The van der Waals surface area contributed by atoms with E-state index in [9.17, 15) is 9.59 Å². The molecule has 4 fully saturated rings. The summed E-state index contributed by atoms with van der Waals surface area (Å²) in [7, 11) is 1.55. The minimum Gasteiger partial charge on any atom is -0.496 e. The van der Waals surface area contributed by atoms with Gasteiger partial charge in [0.15, 0.2) is 0 Å². The third-order valence-electron chi connectivity index (χ3n) is 7.39. The van der Waals surface area contributed by atoms with E-state index in [4.69, 9.17) is 4.74 Å². The lowest BCUT2D eigenvalue weighted by Crippen LogP contribution is -2.55. The first kappa shape index (κ1) is 20.2. The van der Waals surface area contributed by atoms with Gasteiger partial charge in [-0.1, -0.05) is 26.0 Å². The Balaban J connectivity index is 1.40. The maximum atomic E-state index is 13.0. The third-order valence-corrected chi connectivity index (χ3v) is 7.39. The Morgan fingerprint density at radius 1 is 1.07 bits per heavy atom. The van der Waals surface area contributed by atoms with E-state index < -0.39 is 6.04 Å². The van der Waals surface area contributed by atoms with E-state index in [-0.39, 0.29) is 17.7 Å². The van der Waals surface area contributed by atoms with Crippen LogP contribution in [0.4, 0.5) is 0 Å². The van der Waals surface area contributed by atoms with Crippen LogP contribution in [0.15, 0.2) is 24.3 Å². The van der Waals surface area contributed by atoms with Gasteiger partial charge in [0.05, 0.1) is 12.7 Å². The number of carbonyl (C=O) groups excluding carboxylic acids is 2. The zero-order valence-electron chi connectivity index (χ0n) is 17.9. The molecule has 29 heavy (non-hydrogen) atoms. The summed E-state index contributed by atoms with van der Waals surface area (Å²) in [5.41, 5.74) is 0.744. The topological polar surface area (TPSA) is 67.4 Å². The fraction of sp³-hybridized carbons (Fsp3) is 0.667. The van der Waals surface area contributed by atoms with Crippen LogP contribution in [0.2, 0.25) is 0 Å². The van der Waals surface area contributed by atoms with Crippen molar-refractivity contribution in [1.82, 2.24) is 10.6 Å². The molecule has 0 saturated heterocycles. The van der Waals surface area contributed by atoms with Crippen molar-refractivity contribution in [3.05, 3.63) is 29.8 Å². The van der Waals surface area contributed by atoms with Crippen LogP contribution in [0.3, 0.4) is 0 Å². The van der Waals surface area contributed by atoms with Crippen molar-refractivity contribution in [2.45, 2.75) is 58.4 Å². The summed E-state index contributed by atoms with van der Waals surface area (Å²) in [6.07, 6.45) is 7.99. The molecule has 1 unspecified atom stereocenters. The summed E-state index contributed by atoms with van der Waals surface area (Å²) in [4.78, 5) is 25.8. The Morgan fingerprint density at radius 3 is 2.21 bits per heavy atom. The van der Waals surface area contributed by atoms with Gasteiger partial charge in [-0.15, -0.1) is 0 Å². The molecule has 2 N–H and O–H groups in total. The van der Waals surface area contributed by atoms with Gasteiger partial charge in [-0.3, -0.25) is 9.59 Å². The molecule has 1 aromatic carbocycles. The maximum absolute atomic E-state index is 13.0. The highest BCUT2D eigenvalue weighted by molar-refractivity contribution is 5.99. The molecule has 158 valence electrons. The first-order valence-corrected chi connectivity index (χ1v) is 11.1. The fourth-order valence-electron chi connectivity index (χ4n) is 6.48. The lowest BCUT2D eigenvalue weighted by Gasteiger charge is -2.57. The second-order valence-electron chi connectivity index (χ2n) is 10.0. The molecular weight excluding hydrogens is 364 g/mol. The standard InChI is InChI=1S/C24H34N2O3/c1-15(2)21(26-22(27)19-6-4-5-7-20(19)29-3)23(28)25-14-24-11-16-8-17(12-24)10-18(9-16)13-24/h4-7,15-18,21H,8-14H2,1-3H3,(H,25,28)(H,26,27). The Hall–Kier alpha value is -2.04. The Kier molecular flexibility index (Phi) is 5.58. The van der Waals surface area contributed by atoms with Gasteiger partial charge >= 0.3 is 0 Å². The van der Waals surface area contributed by atoms with Crippen molar-refractivity contribution in [3.8, 4) is 5.75 Å². The summed E-state index contributed by atoms with van der Waals surface area (Å²) in [5, 5.41) is 6.16. The van der Waals surface area contributed by atoms with Crippen LogP contribution in [0.1, 0.15) is 62.7 Å². The molecule has 0 spiro atoms. The van der Waals surface area contributed by atoms with Crippen LogP contribution in [0, 0.1) is 29.1 Å². The predicted octanol–water partition coefficient (Wildman–Crippen LogP) is 3.78. The second kappa shape index (κ2) is 8.00. The fourth-order valence-corrected chi connectivity index (χ4v) is 6.48. The largest absolute Gasteiger partial charge is 0.496 e. The van der Waals surface area contributed by atoms with Gasteiger partial charge in [0.25, 0.3) is 5.91 Å². The first-order valence-electron chi connectivity index (χ1n) is 11.1. The molecule has 0 radical (unpaired) electrons. The van der Waals surface area contributed by atoms with E-state index in [0.29, 0.717) is 16.7 Å². The Bertz CT molecular complexity index is 738. The SMILES string of the molecule is COc1ccccc1C(=O)NC(C(=O)NCC12CC3CC(CC(C3)C1)C2)C(C)C. The number of hydrogen-bond acceptors (Lipinski definition) is 3. The number of nitrogens with one attached hydrogen (secondary N) is 2. The molecule has 0 heterocycles. The highest BCUT2D eigenvalue weighted by Crippen LogP contribution is 2.59. The maximum Gasteiger partial charge on any atom is 0.255 e. The zero-order valence-corrected chi connectivity index (χ0v) is 17.9. The minimum atomic E-state index is -0.554. The smallest absolute Gasteiger partial charge is 0.255 e. The van der Waals surface area contributed by atoms with Crippen LogP contribution in [0.25, 0.3) is 0 Å². The van der Waals surface area contributed by atoms with Gasteiger partial charge in [0.1, 0.15) is 11.8 Å². The number of para-hydroxylation sites is 1. The van der Waals surface area contributed by atoms with Gasteiger partial charge in [-0.2, -0.15) is 0 Å². The number of benzene rings is 1. The van der Waals surface area contributed by atoms with E-state index in [1.54, 1.807) is 25.3 Å². The zero-order chi connectivity index (χ0) is 20.6. The Morgan fingerprint density at radius 2 is 1.66 bits per heavy atom. The first-order chi connectivity index (χ1) is 13.9. The summed E-state index contributed by atoms with van der Waals surface area (Å²) >= 11 is 0. The number of ether oxygens (including phenoxy) is 1. The quantitative estimate of drug-likeness (QED) is 0.734. The molecule has 4 aliphatic rings. The van der Waals surface area contributed by atoms with E-state index in [2.05, 4.69) is 10.6 Å². The molecule has 0 aromatic heterocycles. The lowest BCUT2D eigenvalue weighted by molar-refractivity contribution is -0.126. The predicted molar refractivity (Wildman–Crippen MR) is 113 cm³/mol. The summed E-state index contributed by atoms with van der Waals surface area (Å²) < 4.78 is 5.29. The molecule has 4 bridgehead atoms. The third kappa shape index (κ3) is 4.15. The Labute approximate surface area is 174 Å². The van der Waals surface area contributed by atoms with Gasteiger partial charge in [0.2, 0.25) is 5.91 Å². The molecule has 5 heteroatoms. The summed E-state index contributed by atoms with van der Waals surface area (Å²) in [6, 6.07) is 6.55. The van der Waals surface area contributed by atoms with E-state index >= 15 is 0 Å². The van der Waals surface area contributed by atoms with Crippen molar-refractivity contribution in [1.29, 1.82) is 0 Å². The molecule has 1 atom stereocenters. The van der Waals surface area contributed by atoms with Crippen LogP contribution in [-0.2, 0) is 4.79 Å². The minimum absolute atomic E-state index is 0.00465. The van der Waals surface area contributed by atoms with Crippen molar-refractivity contribution < 1.29 is 14.3 Å². The van der Waals surface area contributed by atoms with Crippen molar-refractivity contribution in [2.24, 2.45) is 29.1 Å². The molecule has 4 saturated carbocycles. The van der Waals surface area contributed by atoms with Crippen LogP contribution in [0.5, 0.6) is 5.75 Å². The van der Waals surface area contributed by atoms with Crippen molar-refractivity contribution in [3.63, 3.8) is 0 Å². The van der Waals surface area contributed by atoms with E-state index in [1.807, 2.05) is 19.9 Å². The molecular formula is C24H34N2O3. The van der Waals surface area contributed by atoms with Crippen LogP contribution < -0.4 is 15.4 Å². The molecule has 1 aromatic rings. The van der Waals surface area contributed by atoms with Gasteiger partial charge in [-0.05, 0) is 79.7 Å². The normalized spacial score (nSPS) is 30.8. The van der Waals surface area contributed by atoms with Gasteiger partial charge < -0.3 is 15.4 Å². The molecule has 2 amide bonds. The average Bonchev–Trinajstić information content (AvgIpc) is 2.69. The van der Waals surface area contributed by atoms with Crippen molar-refractivity contribution >= 4 is 11.8 Å². The lowest BCUT2D eigenvalue weighted by atomic mass is 9.49.